The molecule has 0 spiro atoms. The maximum atomic E-state index is 13.5. The van der Waals surface area contributed by atoms with E-state index in [2.05, 4.69) is 10.2 Å². The highest BCUT2D eigenvalue weighted by Gasteiger charge is 2.11. The Labute approximate surface area is 114 Å². The standard InChI is InChI=1S/C12H10Cl2FN3/c1-18(7-8-4-2-3-5-9(8)15)10-6-11(13)16-17-12(10)14/h2-6H,7H2,1H3. The van der Waals surface area contributed by atoms with Crippen LogP contribution in [0.3, 0.4) is 0 Å². The van der Waals surface area contributed by atoms with Crippen molar-refractivity contribution in [2.45, 2.75) is 6.54 Å². The van der Waals surface area contributed by atoms with E-state index in [9.17, 15) is 4.39 Å². The summed E-state index contributed by atoms with van der Waals surface area (Å²) < 4.78 is 13.5. The number of benzene rings is 1. The molecule has 0 bridgehead atoms. The second-order valence-electron chi connectivity index (χ2n) is 3.79. The summed E-state index contributed by atoms with van der Waals surface area (Å²) >= 11 is 11.7. The Hall–Kier alpha value is -1.39. The lowest BCUT2D eigenvalue weighted by molar-refractivity contribution is 0.608. The Bertz CT molecular complexity index is 563. The predicted molar refractivity (Wildman–Crippen MR) is 70.6 cm³/mol. The quantitative estimate of drug-likeness (QED) is 0.864. The molecule has 0 saturated carbocycles. The van der Waals surface area contributed by atoms with E-state index in [1.807, 2.05) is 0 Å². The molecule has 0 unspecified atom stereocenters. The molecule has 6 heteroatoms. The summed E-state index contributed by atoms with van der Waals surface area (Å²) in [5, 5.41) is 7.82. The summed E-state index contributed by atoms with van der Waals surface area (Å²) in [5.74, 6) is -0.256. The molecule has 3 nitrogen and oxygen atoms in total. The molecule has 1 heterocycles. The molecular formula is C12H10Cl2FN3. The Morgan fingerprint density at radius 1 is 1.22 bits per heavy atom. The van der Waals surface area contributed by atoms with E-state index in [-0.39, 0.29) is 16.1 Å². The zero-order chi connectivity index (χ0) is 13.1. The van der Waals surface area contributed by atoms with Crippen LogP contribution in [-0.4, -0.2) is 17.2 Å². The van der Waals surface area contributed by atoms with Crippen LogP contribution in [0.25, 0.3) is 0 Å². The minimum atomic E-state index is -0.256. The summed E-state index contributed by atoms with van der Waals surface area (Å²) in [4.78, 5) is 1.77. The minimum Gasteiger partial charge on any atom is -0.368 e. The average molecular weight is 286 g/mol. The number of aromatic nitrogens is 2. The monoisotopic (exact) mass is 285 g/mol. The van der Waals surface area contributed by atoms with Crippen molar-refractivity contribution in [2.24, 2.45) is 0 Å². The van der Waals surface area contributed by atoms with E-state index >= 15 is 0 Å². The van der Waals surface area contributed by atoms with E-state index < -0.39 is 0 Å². The van der Waals surface area contributed by atoms with Crippen molar-refractivity contribution in [1.82, 2.24) is 10.2 Å². The lowest BCUT2D eigenvalue weighted by Crippen LogP contribution is -2.18. The molecule has 0 aliphatic heterocycles. The second-order valence-corrected chi connectivity index (χ2v) is 4.54. The zero-order valence-corrected chi connectivity index (χ0v) is 11.1. The molecular weight excluding hydrogens is 276 g/mol. The fourth-order valence-electron chi connectivity index (χ4n) is 1.58. The van der Waals surface area contributed by atoms with Gasteiger partial charge in [-0.25, -0.2) is 4.39 Å². The van der Waals surface area contributed by atoms with Crippen molar-refractivity contribution in [3.8, 4) is 0 Å². The van der Waals surface area contributed by atoms with Crippen LogP contribution in [0.4, 0.5) is 10.1 Å². The summed E-state index contributed by atoms with van der Waals surface area (Å²) in [5.41, 5.74) is 1.18. The van der Waals surface area contributed by atoms with Crippen LogP contribution in [0.2, 0.25) is 10.3 Å². The van der Waals surface area contributed by atoms with Gasteiger partial charge in [-0.1, -0.05) is 41.4 Å². The van der Waals surface area contributed by atoms with E-state index in [0.717, 1.165) is 0 Å². The average Bonchev–Trinajstić information content (AvgIpc) is 2.35. The number of hydrogen-bond donors (Lipinski definition) is 0. The Morgan fingerprint density at radius 3 is 2.67 bits per heavy atom. The molecule has 0 N–H and O–H groups in total. The molecule has 0 atom stereocenters. The Balaban J connectivity index is 2.25. The van der Waals surface area contributed by atoms with Crippen LogP contribution in [0.15, 0.2) is 30.3 Å². The highest BCUT2D eigenvalue weighted by molar-refractivity contribution is 6.33. The van der Waals surface area contributed by atoms with Crippen LogP contribution in [-0.2, 0) is 6.54 Å². The number of nitrogens with zero attached hydrogens (tertiary/aromatic N) is 3. The Morgan fingerprint density at radius 2 is 1.94 bits per heavy atom. The molecule has 0 amide bonds. The van der Waals surface area contributed by atoms with Crippen molar-refractivity contribution in [2.75, 3.05) is 11.9 Å². The molecule has 0 fully saturated rings. The number of hydrogen-bond acceptors (Lipinski definition) is 3. The highest BCUT2D eigenvalue weighted by atomic mass is 35.5. The summed E-state index contributed by atoms with van der Waals surface area (Å²) in [6.07, 6.45) is 0. The first kappa shape index (κ1) is 13.1. The van der Waals surface area contributed by atoms with Gasteiger partial charge < -0.3 is 4.90 Å². The fourth-order valence-corrected chi connectivity index (χ4v) is 1.96. The first-order valence-electron chi connectivity index (χ1n) is 5.21. The molecule has 18 heavy (non-hydrogen) atoms. The molecule has 94 valence electrons. The van der Waals surface area contributed by atoms with Gasteiger partial charge in [0.25, 0.3) is 0 Å². The smallest absolute Gasteiger partial charge is 0.175 e. The molecule has 0 radical (unpaired) electrons. The SMILES string of the molecule is CN(Cc1ccccc1F)c1cc(Cl)nnc1Cl. The lowest BCUT2D eigenvalue weighted by atomic mass is 10.2. The van der Waals surface area contributed by atoms with Crippen molar-refractivity contribution in [1.29, 1.82) is 0 Å². The van der Waals surface area contributed by atoms with E-state index in [1.54, 1.807) is 36.2 Å². The van der Waals surface area contributed by atoms with Gasteiger partial charge >= 0.3 is 0 Å². The largest absolute Gasteiger partial charge is 0.368 e. The van der Waals surface area contributed by atoms with Gasteiger partial charge in [-0.3, -0.25) is 0 Å². The molecule has 2 aromatic rings. The summed E-state index contributed by atoms with van der Waals surface area (Å²) in [6.45, 7) is 0.369. The molecule has 2 rings (SSSR count). The van der Waals surface area contributed by atoms with Crippen molar-refractivity contribution in [3.63, 3.8) is 0 Å². The minimum absolute atomic E-state index is 0.234. The van der Waals surface area contributed by atoms with E-state index in [4.69, 9.17) is 23.2 Å². The first-order chi connectivity index (χ1) is 8.58. The molecule has 0 aliphatic carbocycles. The van der Waals surface area contributed by atoms with Crippen molar-refractivity contribution in [3.05, 3.63) is 52.0 Å². The van der Waals surface area contributed by atoms with Gasteiger partial charge in [-0.2, -0.15) is 0 Å². The third-order valence-electron chi connectivity index (χ3n) is 2.48. The zero-order valence-electron chi connectivity index (χ0n) is 9.57. The second kappa shape index (κ2) is 5.50. The lowest BCUT2D eigenvalue weighted by Gasteiger charge is -2.20. The Kier molecular flexibility index (Phi) is 3.99. The third-order valence-corrected chi connectivity index (χ3v) is 2.93. The van der Waals surface area contributed by atoms with Crippen LogP contribution in [0.5, 0.6) is 0 Å². The third kappa shape index (κ3) is 2.89. The predicted octanol–water partition coefficient (Wildman–Crippen LogP) is 3.56. The number of halogens is 3. The normalized spacial score (nSPS) is 10.4. The van der Waals surface area contributed by atoms with Crippen LogP contribution < -0.4 is 4.90 Å². The van der Waals surface area contributed by atoms with Gasteiger partial charge in [-0.15, -0.1) is 10.2 Å². The van der Waals surface area contributed by atoms with Gasteiger partial charge in [0.15, 0.2) is 10.3 Å². The first-order valence-corrected chi connectivity index (χ1v) is 5.97. The van der Waals surface area contributed by atoms with Crippen molar-refractivity contribution >= 4 is 28.9 Å². The molecule has 1 aromatic carbocycles. The van der Waals surface area contributed by atoms with Crippen molar-refractivity contribution < 1.29 is 4.39 Å². The molecule has 0 saturated heterocycles. The summed E-state index contributed by atoms with van der Waals surface area (Å²) in [6, 6.07) is 8.17. The van der Waals surface area contributed by atoms with Gasteiger partial charge in [0.1, 0.15) is 5.82 Å². The summed E-state index contributed by atoms with van der Waals surface area (Å²) in [7, 11) is 1.78. The fraction of sp³-hybridized carbons (Fsp3) is 0.167. The topological polar surface area (TPSA) is 29.0 Å². The van der Waals surface area contributed by atoms with Crippen LogP contribution in [0.1, 0.15) is 5.56 Å². The number of rotatable bonds is 3. The van der Waals surface area contributed by atoms with E-state index in [1.165, 1.54) is 6.07 Å². The molecule has 0 aliphatic rings. The van der Waals surface area contributed by atoms with Gasteiger partial charge in [-0.05, 0) is 6.07 Å². The van der Waals surface area contributed by atoms with Crippen LogP contribution >= 0.6 is 23.2 Å². The van der Waals surface area contributed by atoms with Gasteiger partial charge in [0, 0.05) is 25.2 Å². The van der Waals surface area contributed by atoms with Gasteiger partial charge in [0.05, 0.1) is 5.69 Å². The number of anilines is 1. The maximum absolute atomic E-state index is 13.5. The highest BCUT2D eigenvalue weighted by Crippen LogP contribution is 2.25. The van der Waals surface area contributed by atoms with E-state index in [0.29, 0.717) is 17.8 Å². The molecule has 1 aromatic heterocycles. The van der Waals surface area contributed by atoms with Gasteiger partial charge in [0.2, 0.25) is 0 Å². The van der Waals surface area contributed by atoms with Crippen LogP contribution in [0, 0.1) is 5.82 Å². The maximum Gasteiger partial charge on any atom is 0.175 e.